The van der Waals surface area contributed by atoms with Crippen LogP contribution in [0.4, 0.5) is 4.79 Å². The first-order valence-electron chi connectivity index (χ1n) is 8.96. The van der Waals surface area contributed by atoms with Gasteiger partial charge in [0.25, 0.3) is 0 Å². The summed E-state index contributed by atoms with van der Waals surface area (Å²) in [5.41, 5.74) is 1.05. The second-order valence-corrected chi connectivity index (χ2v) is 7.11. The fourth-order valence-corrected chi connectivity index (χ4v) is 2.26. The smallest absolute Gasteiger partial charge is 0.407 e. The lowest BCUT2D eigenvalue weighted by Crippen LogP contribution is -2.33. The highest BCUT2D eigenvalue weighted by molar-refractivity contribution is 5.95. The predicted octanol–water partition coefficient (Wildman–Crippen LogP) is 4.15. The fraction of sp³-hybridized carbons (Fsp3) is 0.381. The Morgan fingerprint density at radius 1 is 1.07 bits per heavy atom. The number of Topliss-reactive ketones (excluding diaryl/α,β-unsaturated/α-hetero) is 1. The van der Waals surface area contributed by atoms with Gasteiger partial charge in [0.05, 0.1) is 0 Å². The summed E-state index contributed by atoms with van der Waals surface area (Å²) >= 11 is 0. The van der Waals surface area contributed by atoms with Crippen LogP contribution in [-0.2, 0) is 11.3 Å². The topological polar surface area (TPSA) is 77.5 Å². The summed E-state index contributed by atoms with van der Waals surface area (Å²) in [5, 5.41) is 2.64. The molecule has 6 nitrogen and oxygen atoms in total. The molecule has 2 aromatic rings. The van der Waals surface area contributed by atoms with Crippen molar-refractivity contribution in [2.45, 2.75) is 45.8 Å². The zero-order chi connectivity index (χ0) is 19.7. The van der Waals surface area contributed by atoms with E-state index in [2.05, 4.69) is 10.3 Å². The number of ketones is 1. The lowest BCUT2D eigenvalue weighted by atomic mass is 10.1. The molecule has 1 amide bonds. The number of carbonyl (C=O) groups excluding carboxylic acids is 2. The van der Waals surface area contributed by atoms with Gasteiger partial charge in [-0.2, -0.15) is 0 Å². The number of ether oxygens (including phenoxy) is 2. The standard InChI is InChI=1S/C21H26N2O4/c1-21(2,3)27-20(25)22-13-7-10-18(24)17-11-12-19(23-14-17)26-15-16-8-5-4-6-9-16/h4-6,8-9,11-12,14H,7,10,13,15H2,1-3H3,(H,22,25). The molecule has 2 rings (SSSR count). The molecule has 0 saturated carbocycles. The van der Waals surface area contributed by atoms with Crippen molar-refractivity contribution in [1.29, 1.82) is 0 Å². The van der Waals surface area contributed by atoms with E-state index in [9.17, 15) is 9.59 Å². The Balaban J connectivity index is 1.71. The third kappa shape index (κ3) is 7.90. The van der Waals surface area contributed by atoms with Gasteiger partial charge in [-0.1, -0.05) is 30.3 Å². The third-order valence-corrected chi connectivity index (χ3v) is 3.54. The number of nitrogens with one attached hydrogen (secondary N) is 1. The van der Waals surface area contributed by atoms with Crippen LogP contribution >= 0.6 is 0 Å². The number of nitrogens with zero attached hydrogens (tertiary/aromatic N) is 1. The molecular formula is C21H26N2O4. The van der Waals surface area contributed by atoms with E-state index in [0.717, 1.165) is 5.56 Å². The number of pyridine rings is 1. The molecule has 1 aromatic heterocycles. The van der Waals surface area contributed by atoms with Crippen molar-refractivity contribution in [3.63, 3.8) is 0 Å². The molecule has 27 heavy (non-hydrogen) atoms. The molecule has 0 spiro atoms. The number of alkyl carbamates (subject to hydrolysis) is 1. The normalized spacial score (nSPS) is 10.9. The molecule has 0 aliphatic carbocycles. The summed E-state index contributed by atoms with van der Waals surface area (Å²) in [4.78, 5) is 27.9. The first-order valence-corrected chi connectivity index (χ1v) is 8.96. The molecule has 0 bridgehead atoms. The maximum absolute atomic E-state index is 12.2. The number of carbonyl (C=O) groups is 2. The minimum atomic E-state index is -0.532. The van der Waals surface area contributed by atoms with Crippen molar-refractivity contribution >= 4 is 11.9 Å². The molecule has 0 aliphatic heterocycles. The molecule has 0 atom stereocenters. The number of amides is 1. The van der Waals surface area contributed by atoms with E-state index >= 15 is 0 Å². The van der Waals surface area contributed by atoms with Crippen molar-refractivity contribution in [1.82, 2.24) is 10.3 Å². The van der Waals surface area contributed by atoms with Gasteiger partial charge in [-0.05, 0) is 38.8 Å². The largest absolute Gasteiger partial charge is 0.473 e. The Labute approximate surface area is 159 Å². The van der Waals surface area contributed by atoms with E-state index in [1.165, 1.54) is 6.20 Å². The van der Waals surface area contributed by atoms with E-state index in [0.29, 0.717) is 37.4 Å². The molecule has 1 aromatic carbocycles. The molecule has 1 heterocycles. The highest BCUT2D eigenvalue weighted by Crippen LogP contribution is 2.12. The van der Waals surface area contributed by atoms with Crippen molar-refractivity contribution in [3.05, 3.63) is 59.8 Å². The van der Waals surface area contributed by atoms with Crippen LogP contribution < -0.4 is 10.1 Å². The van der Waals surface area contributed by atoms with Gasteiger partial charge in [0.15, 0.2) is 5.78 Å². The van der Waals surface area contributed by atoms with Crippen molar-refractivity contribution in [2.24, 2.45) is 0 Å². The summed E-state index contributed by atoms with van der Waals surface area (Å²) in [6.45, 7) is 6.22. The lowest BCUT2D eigenvalue weighted by Gasteiger charge is -2.19. The molecule has 1 N–H and O–H groups in total. The SMILES string of the molecule is CC(C)(C)OC(=O)NCCCC(=O)c1ccc(OCc2ccccc2)nc1. The quantitative estimate of drug-likeness (QED) is 0.558. The van der Waals surface area contributed by atoms with Gasteiger partial charge < -0.3 is 14.8 Å². The van der Waals surface area contributed by atoms with Crippen LogP contribution in [0, 0.1) is 0 Å². The van der Waals surface area contributed by atoms with Crippen LogP contribution in [0.2, 0.25) is 0 Å². The highest BCUT2D eigenvalue weighted by Gasteiger charge is 2.15. The van der Waals surface area contributed by atoms with Crippen LogP contribution in [0.3, 0.4) is 0 Å². The summed E-state index contributed by atoms with van der Waals surface area (Å²) in [6, 6.07) is 13.2. The number of hydrogen-bond donors (Lipinski definition) is 1. The molecule has 0 aliphatic rings. The van der Waals surface area contributed by atoms with Crippen LogP contribution in [0.15, 0.2) is 48.7 Å². The average Bonchev–Trinajstić information content (AvgIpc) is 2.63. The van der Waals surface area contributed by atoms with E-state index in [4.69, 9.17) is 9.47 Å². The van der Waals surface area contributed by atoms with Crippen LogP contribution in [0.25, 0.3) is 0 Å². The van der Waals surface area contributed by atoms with Gasteiger partial charge in [-0.15, -0.1) is 0 Å². The summed E-state index contributed by atoms with van der Waals surface area (Å²) < 4.78 is 10.7. The Morgan fingerprint density at radius 2 is 1.81 bits per heavy atom. The minimum absolute atomic E-state index is 0.0249. The monoisotopic (exact) mass is 370 g/mol. The van der Waals surface area contributed by atoms with Gasteiger partial charge >= 0.3 is 6.09 Å². The first-order chi connectivity index (χ1) is 12.8. The fourth-order valence-electron chi connectivity index (χ4n) is 2.26. The maximum Gasteiger partial charge on any atom is 0.407 e. The van der Waals surface area contributed by atoms with E-state index < -0.39 is 11.7 Å². The van der Waals surface area contributed by atoms with Crippen LogP contribution in [0.5, 0.6) is 5.88 Å². The molecule has 0 saturated heterocycles. The van der Waals surface area contributed by atoms with Gasteiger partial charge in [-0.25, -0.2) is 9.78 Å². The second kappa shape index (κ2) is 9.71. The number of rotatable bonds is 8. The van der Waals surface area contributed by atoms with Gasteiger partial charge in [0, 0.05) is 30.8 Å². The summed E-state index contributed by atoms with van der Waals surface area (Å²) in [5.74, 6) is 0.449. The minimum Gasteiger partial charge on any atom is -0.473 e. The molecular weight excluding hydrogens is 344 g/mol. The van der Waals surface area contributed by atoms with Crippen LogP contribution in [-0.4, -0.2) is 29.0 Å². The van der Waals surface area contributed by atoms with Crippen molar-refractivity contribution in [3.8, 4) is 5.88 Å². The number of benzene rings is 1. The van der Waals surface area contributed by atoms with Crippen molar-refractivity contribution < 1.29 is 19.1 Å². The zero-order valence-corrected chi connectivity index (χ0v) is 16.0. The van der Waals surface area contributed by atoms with E-state index in [1.54, 1.807) is 32.9 Å². The second-order valence-electron chi connectivity index (χ2n) is 7.11. The Hall–Kier alpha value is -2.89. The highest BCUT2D eigenvalue weighted by atomic mass is 16.6. The molecule has 6 heteroatoms. The van der Waals surface area contributed by atoms with Gasteiger partial charge in [0.2, 0.25) is 5.88 Å². The molecule has 144 valence electrons. The van der Waals surface area contributed by atoms with Gasteiger partial charge in [0.1, 0.15) is 12.2 Å². The van der Waals surface area contributed by atoms with Crippen LogP contribution in [0.1, 0.15) is 49.5 Å². The zero-order valence-electron chi connectivity index (χ0n) is 16.0. The Morgan fingerprint density at radius 3 is 2.44 bits per heavy atom. The lowest BCUT2D eigenvalue weighted by molar-refractivity contribution is 0.0525. The molecule has 0 radical (unpaired) electrons. The Bertz CT molecular complexity index is 737. The Kier molecular flexibility index (Phi) is 7.34. The number of hydrogen-bond acceptors (Lipinski definition) is 5. The van der Waals surface area contributed by atoms with Gasteiger partial charge in [-0.3, -0.25) is 4.79 Å². The first kappa shape index (κ1) is 20.4. The predicted molar refractivity (Wildman–Crippen MR) is 103 cm³/mol. The molecule has 0 unspecified atom stereocenters. The van der Waals surface area contributed by atoms with Crippen molar-refractivity contribution in [2.75, 3.05) is 6.54 Å². The van der Waals surface area contributed by atoms with E-state index in [-0.39, 0.29) is 5.78 Å². The summed E-state index contributed by atoms with van der Waals surface area (Å²) in [6.07, 6.45) is 1.90. The van der Waals surface area contributed by atoms with E-state index in [1.807, 2.05) is 30.3 Å². The third-order valence-electron chi connectivity index (χ3n) is 3.54. The maximum atomic E-state index is 12.2. The average molecular weight is 370 g/mol. The number of aromatic nitrogens is 1. The summed E-state index contributed by atoms with van der Waals surface area (Å²) in [7, 11) is 0. The molecule has 0 fully saturated rings.